The Bertz CT molecular complexity index is 949. The first-order chi connectivity index (χ1) is 15.3. The first-order valence-electron chi connectivity index (χ1n) is 12.3. The van der Waals surface area contributed by atoms with E-state index < -0.39 is 14.6 Å². The van der Waals surface area contributed by atoms with Crippen molar-refractivity contribution in [2.75, 3.05) is 36.8 Å². The van der Waals surface area contributed by atoms with Crippen LogP contribution in [-0.4, -0.2) is 68.1 Å². The number of sulfone groups is 1. The van der Waals surface area contributed by atoms with Crippen LogP contribution in [0, 0.1) is 19.8 Å². The largest absolute Gasteiger partial charge is 0.372 e. The predicted molar refractivity (Wildman–Crippen MR) is 135 cm³/mol. The third kappa shape index (κ3) is 6.30. The molecule has 0 spiro atoms. The number of hydrogen-bond acceptors (Lipinski definition) is 5. The molecule has 3 rings (SSSR count). The van der Waals surface area contributed by atoms with Crippen molar-refractivity contribution < 1.29 is 17.9 Å². The van der Waals surface area contributed by atoms with Crippen molar-refractivity contribution in [1.82, 2.24) is 4.90 Å². The first-order valence-corrected chi connectivity index (χ1v) is 13.9. The summed E-state index contributed by atoms with van der Waals surface area (Å²) in [5, 5.41) is 0. The summed E-state index contributed by atoms with van der Waals surface area (Å²) in [7, 11) is -3.13. The maximum atomic E-state index is 13.0. The van der Waals surface area contributed by atoms with Crippen LogP contribution in [0.25, 0.3) is 0 Å². The first kappa shape index (κ1) is 26.0. The number of rotatable bonds is 5. The number of benzene rings is 1. The molecule has 2 fully saturated rings. The Morgan fingerprint density at radius 3 is 2.15 bits per heavy atom. The topological polar surface area (TPSA) is 66.9 Å². The highest BCUT2D eigenvalue weighted by molar-refractivity contribution is 7.92. The Morgan fingerprint density at radius 1 is 1.03 bits per heavy atom. The number of ether oxygens (including phenoxy) is 1. The fraction of sp³-hybridized carbons (Fsp3) is 0.731. The molecular weight excluding hydrogens is 436 g/mol. The summed E-state index contributed by atoms with van der Waals surface area (Å²) in [6, 6.07) is 4.38. The second kappa shape index (κ2) is 9.95. The fourth-order valence-corrected chi connectivity index (χ4v) is 6.40. The van der Waals surface area contributed by atoms with Crippen LogP contribution in [-0.2, 0) is 25.8 Å². The zero-order valence-corrected chi connectivity index (χ0v) is 22.3. The number of anilines is 1. The molecule has 1 aromatic carbocycles. The van der Waals surface area contributed by atoms with Crippen LogP contribution in [0.2, 0.25) is 0 Å². The van der Waals surface area contributed by atoms with Crippen molar-refractivity contribution in [2.45, 2.75) is 84.7 Å². The number of hydrogen-bond donors (Lipinski definition) is 0. The zero-order chi connectivity index (χ0) is 24.6. The second-order valence-corrected chi connectivity index (χ2v) is 13.9. The van der Waals surface area contributed by atoms with E-state index in [2.05, 4.69) is 44.7 Å². The molecule has 2 aliphatic heterocycles. The zero-order valence-electron chi connectivity index (χ0n) is 21.5. The average molecular weight is 479 g/mol. The number of likely N-dealkylation sites (tertiary alicyclic amines) is 1. The molecule has 0 saturated carbocycles. The Balaban J connectivity index is 1.60. The molecule has 7 heteroatoms. The number of nitrogens with zero attached hydrogens (tertiary/aromatic N) is 2. The van der Waals surface area contributed by atoms with Gasteiger partial charge in [0.1, 0.15) is 0 Å². The third-order valence-electron chi connectivity index (χ3n) is 7.11. The molecule has 6 nitrogen and oxygen atoms in total. The maximum absolute atomic E-state index is 13.0. The predicted octanol–water partition coefficient (Wildman–Crippen LogP) is 3.91. The van der Waals surface area contributed by atoms with Gasteiger partial charge in [0.2, 0.25) is 5.91 Å². The summed E-state index contributed by atoms with van der Waals surface area (Å²) in [5.74, 6) is 0.493. The minimum absolute atomic E-state index is 0.135. The molecule has 0 aromatic heterocycles. The standard InChI is InChI=1S/C26H42N2O4S/c1-18-13-24(28-15-20(3)32-21(4)16-28)19(2)12-23(18)14-25(29)27-10-8-22(9-11-27)17-33(30,31)26(5,6)7/h12-13,20-22H,8-11,14-17H2,1-7H3/t20-,21+. The Kier molecular flexibility index (Phi) is 7.84. The third-order valence-corrected chi connectivity index (χ3v) is 9.89. The van der Waals surface area contributed by atoms with Gasteiger partial charge >= 0.3 is 0 Å². The van der Waals surface area contributed by atoms with Crippen LogP contribution in [0.5, 0.6) is 0 Å². The van der Waals surface area contributed by atoms with Gasteiger partial charge in [-0.25, -0.2) is 8.42 Å². The van der Waals surface area contributed by atoms with Crippen LogP contribution in [0.4, 0.5) is 5.69 Å². The lowest BCUT2D eigenvalue weighted by atomic mass is 9.96. The molecule has 2 saturated heterocycles. The second-order valence-electron chi connectivity index (χ2n) is 11.1. The van der Waals surface area contributed by atoms with Gasteiger partial charge < -0.3 is 14.5 Å². The monoisotopic (exact) mass is 478 g/mol. The van der Waals surface area contributed by atoms with Gasteiger partial charge in [-0.3, -0.25) is 4.79 Å². The number of morpholine rings is 1. The van der Waals surface area contributed by atoms with Crippen molar-refractivity contribution in [1.29, 1.82) is 0 Å². The summed E-state index contributed by atoms with van der Waals surface area (Å²) < 4.78 is 30.2. The molecule has 0 N–H and O–H groups in total. The van der Waals surface area contributed by atoms with Gasteiger partial charge in [0.05, 0.1) is 29.1 Å². The molecular formula is C26H42N2O4S. The van der Waals surface area contributed by atoms with Crippen molar-refractivity contribution in [3.05, 3.63) is 28.8 Å². The summed E-state index contributed by atoms with van der Waals surface area (Å²) >= 11 is 0. The summed E-state index contributed by atoms with van der Waals surface area (Å²) in [4.78, 5) is 17.3. The minimum atomic E-state index is -3.13. The molecule has 2 aliphatic rings. The van der Waals surface area contributed by atoms with Crippen LogP contribution in [0.15, 0.2) is 12.1 Å². The number of carbonyl (C=O) groups excluding carboxylic acids is 1. The summed E-state index contributed by atoms with van der Waals surface area (Å²) in [6.07, 6.45) is 2.32. The van der Waals surface area contributed by atoms with Gasteiger partial charge in [0.15, 0.2) is 9.84 Å². The molecule has 0 unspecified atom stereocenters. The number of amides is 1. The summed E-state index contributed by atoms with van der Waals surface area (Å²) in [6.45, 7) is 16.7. The minimum Gasteiger partial charge on any atom is -0.372 e. The molecule has 0 bridgehead atoms. The highest BCUT2D eigenvalue weighted by atomic mass is 32.2. The fourth-order valence-electron chi connectivity index (χ4n) is 4.95. The van der Waals surface area contributed by atoms with E-state index in [0.717, 1.165) is 37.1 Å². The van der Waals surface area contributed by atoms with E-state index in [4.69, 9.17) is 4.74 Å². The Morgan fingerprint density at radius 2 is 1.61 bits per heavy atom. The lowest BCUT2D eigenvalue weighted by molar-refractivity contribution is -0.131. The average Bonchev–Trinajstić information content (AvgIpc) is 2.69. The van der Waals surface area contributed by atoms with E-state index >= 15 is 0 Å². The molecule has 2 atom stereocenters. The summed E-state index contributed by atoms with van der Waals surface area (Å²) in [5.41, 5.74) is 4.64. The molecule has 186 valence electrons. The normalized spacial score (nSPS) is 23.1. The van der Waals surface area contributed by atoms with Crippen LogP contribution in [0.1, 0.15) is 64.2 Å². The van der Waals surface area contributed by atoms with E-state index in [0.29, 0.717) is 19.5 Å². The number of piperidine rings is 1. The number of aryl methyl sites for hydroxylation is 2. The maximum Gasteiger partial charge on any atom is 0.226 e. The highest BCUT2D eigenvalue weighted by Crippen LogP contribution is 2.29. The van der Waals surface area contributed by atoms with Gasteiger partial charge in [0, 0.05) is 31.9 Å². The van der Waals surface area contributed by atoms with Crippen molar-refractivity contribution in [3.63, 3.8) is 0 Å². The van der Waals surface area contributed by atoms with E-state index in [1.54, 1.807) is 20.8 Å². The molecule has 2 heterocycles. The lowest BCUT2D eigenvalue weighted by Crippen LogP contribution is -2.45. The van der Waals surface area contributed by atoms with E-state index in [9.17, 15) is 13.2 Å². The lowest BCUT2D eigenvalue weighted by Gasteiger charge is -2.38. The molecule has 0 aliphatic carbocycles. The van der Waals surface area contributed by atoms with Crippen LogP contribution in [0.3, 0.4) is 0 Å². The van der Waals surface area contributed by atoms with Gasteiger partial charge in [-0.05, 0) is 90.0 Å². The SMILES string of the molecule is Cc1cc(N2C[C@@H](C)O[C@@H](C)C2)c(C)cc1CC(=O)N1CCC(CS(=O)(=O)C(C)(C)C)CC1. The van der Waals surface area contributed by atoms with Gasteiger partial charge in [0.25, 0.3) is 0 Å². The molecule has 1 amide bonds. The Labute approximate surface area is 200 Å². The molecule has 1 aromatic rings. The molecule has 0 radical (unpaired) electrons. The van der Waals surface area contributed by atoms with E-state index in [1.807, 2.05) is 4.90 Å². The quantitative estimate of drug-likeness (QED) is 0.642. The van der Waals surface area contributed by atoms with Crippen molar-refractivity contribution in [3.8, 4) is 0 Å². The van der Waals surface area contributed by atoms with Gasteiger partial charge in [-0.1, -0.05) is 6.07 Å². The van der Waals surface area contributed by atoms with E-state index in [-0.39, 0.29) is 29.8 Å². The van der Waals surface area contributed by atoms with Crippen molar-refractivity contribution in [2.24, 2.45) is 5.92 Å². The number of carbonyl (C=O) groups is 1. The smallest absolute Gasteiger partial charge is 0.226 e. The molecule has 33 heavy (non-hydrogen) atoms. The van der Waals surface area contributed by atoms with Gasteiger partial charge in [-0.2, -0.15) is 0 Å². The Hall–Kier alpha value is -1.60. The van der Waals surface area contributed by atoms with E-state index in [1.165, 1.54) is 11.3 Å². The van der Waals surface area contributed by atoms with Crippen LogP contribution < -0.4 is 4.90 Å². The highest BCUT2D eigenvalue weighted by Gasteiger charge is 2.33. The van der Waals surface area contributed by atoms with Crippen molar-refractivity contribution >= 4 is 21.4 Å². The van der Waals surface area contributed by atoms with Crippen LogP contribution >= 0.6 is 0 Å². The van der Waals surface area contributed by atoms with Gasteiger partial charge in [-0.15, -0.1) is 0 Å².